The van der Waals surface area contributed by atoms with Gasteiger partial charge in [0, 0.05) is 11.4 Å². The van der Waals surface area contributed by atoms with E-state index in [1.165, 1.54) is 0 Å². The number of hydrogen-bond donors (Lipinski definition) is 0. The number of ether oxygens (including phenoxy) is 2. The molecule has 0 fully saturated rings. The molecule has 2 heterocycles. The number of pyridine rings is 2. The molecular formula is C14H12I2N2O3. The van der Waals surface area contributed by atoms with Crippen LogP contribution in [-0.2, 0) is 4.79 Å². The largest absolute Gasteiger partial charge is 0.479 e. The van der Waals surface area contributed by atoms with Gasteiger partial charge in [0.2, 0.25) is 0 Å². The number of esters is 1. The number of aryl methyl sites for hydroxylation is 2. The van der Waals surface area contributed by atoms with Gasteiger partial charge in [0.25, 0.3) is 0 Å². The minimum atomic E-state index is -0.477. The molecule has 0 spiro atoms. The van der Waals surface area contributed by atoms with Crippen molar-refractivity contribution in [3.05, 3.63) is 43.1 Å². The van der Waals surface area contributed by atoms with E-state index in [0.717, 1.165) is 11.4 Å². The Morgan fingerprint density at radius 3 is 2.05 bits per heavy atom. The topological polar surface area (TPSA) is 61.3 Å². The van der Waals surface area contributed by atoms with Gasteiger partial charge in [-0.3, -0.25) is 0 Å². The highest BCUT2D eigenvalue weighted by atomic mass is 127. The van der Waals surface area contributed by atoms with Crippen molar-refractivity contribution >= 4 is 51.2 Å². The van der Waals surface area contributed by atoms with Crippen LogP contribution in [0.4, 0.5) is 0 Å². The Balaban J connectivity index is 1.96. The van der Waals surface area contributed by atoms with Crippen LogP contribution >= 0.6 is 45.2 Å². The van der Waals surface area contributed by atoms with Crippen LogP contribution in [0.25, 0.3) is 0 Å². The molecule has 0 radical (unpaired) electrons. The van der Waals surface area contributed by atoms with Crippen molar-refractivity contribution in [1.29, 1.82) is 0 Å². The molecule has 0 saturated heterocycles. The molecule has 0 aliphatic heterocycles. The van der Waals surface area contributed by atoms with Gasteiger partial charge in [-0.15, -0.1) is 0 Å². The van der Waals surface area contributed by atoms with Gasteiger partial charge in [-0.05, 0) is 83.3 Å². The second-order valence-corrected chi connectivity index (χ2v) is 6.29. The average molecular weight is 510 g/mol. The number of rotatable bonds is 4. The highest BCUT2D eigenvalue weighted by Crippen LogP contribution is 2.20. The van der Waals surface area contributed by atoms with Crippen LogP contribution in [0.2, 0.25) is 0 Å². The number of halogens is 2. The van der Waals surface area contributed by atoms with Gasteiger partial charge in [-0.25, -0.2) is 14.8 Å². The van der Waals surface area contributed by atoms with Crippen molar-refractivity contribution in [2.45, 2.75) is 13.8 Å². The summed E-state index contributed by atoms with van der Waals surface area (Å²) in [7, 11) is 0. The van der Waals surface area contributed by atoms with Crippen molar-refractivity contribution in [1.82, 2.24) is 9.97 Å². The smallest absolute Gasteiger partial charge is 0.349 e. The molecular weight excluding hydrogens is 498 g/mol. The molecule has 21 heavy (non-hydrogen) atoms. The Bertz CT molecular complexity index is 677. The second kappa shape index (κ2) is 7.34. The van der Waals surface area contributed by atoms with E-state index in [-0.39, 0.29) is 6.61 Å². The first kappa shape index (κ1) is 16.4. The van der Waals surface area contributed by atoms with Gasteiger partial charge < -0.3 is 9.47 Å². The molecule has 0 N–H and O–H groups in total. The van der Waals surface area contributed by atoms with Crippen LogP contribution < -0.4 is 9.47 Å². The number of carbonyl (C=O) groups excluding carboxylic acids is 1. The molecule has 2 rings (SSSR count). The predicted molar refractivity (Wildman–Crippen MR) is 94.5 cm³/mol. The van der Waals surface area contributed by atoms with E-state index in [9.17, 15) is 4.79 Å². The van der Waals surface area contributed by atoms with Gasteiger partial charge in [-0.2, -0.15) is 0 Å². The van der Waals surface area contributed by atoms with E-state index < -0.39 is 5.97 Å². The fourth-order valence-corrected chi connectivity index (χ4v) is 2.88. The number of nitrogens with zero attached hydrogens (tertiary/aromatic N) is 2. The molecule has 7 heteroatoms. The summed E-state index contributed by atoms with van der Waals surface area (Å²) in [6.45, 7) is 3.60. The summed E-state index contributed by atoms with van der Waals surface area (Å²) in [5.74, 6) is 0.524. The number of carbonyl (C=O) groups is 1. The van der Waals surface area contributed by atoms with Gasteiger partial charge in [0.15, 0.2) is 18.1 Å². The summed E-state index contributed by atoms with van der Waals surface area (Å²) in [6.07, 6.45) is 0. The van der Waals surface area contributed by atoms with E-state index in [0.29, 0.717) is 18.9 Å². The standard InChI is InChI=1S/C14H12I2N2O3/c1-8-3-5-10(13(15)17-8)20-7-12(19)21-11-6-4-9(2)18-14(11)16/h3-6H,7H2,1-2H3. The van der Waals surface area contributed by atoms with Crippen LogP contribution in [0.3, 0.4) is 0 Å². The molecule has 0 aliphatic carbocycles. The first-order chi connectivity index (χ1) is 9.95. The third-order valence-electron chi connectivity index (χ3n) is 2.48. The van der Waals surface area contributed by atoms with Gasteiger partial charge in [0.05, 0.1) is 0 Å². The zero-order valence-electron chi connectivity index (χ0n) is 11.4. The lowest BCUT2D eigenvalue weighted by molar-refractivity contribution is -0.136. The molecule has 0 atom stereocenters. The lowest BCUT2D eigenvalue weighted by atomic mass is 10.4. The maximum Gasteiger partial charge on any atom is 0.349 e. The van der Waals surface area contributed by atoms with Crippen molar-refractivity contribution in [2.24, 2.45) is 0 Å². The molecule has 5 nitrogen and oxygen atoms in total. The van der Waals surface area contributed by atoms with Crippen LogP contribution in [0, 0.1) is 21.2 Å². The second-order valence-electron chi connectivity index (χ2n) is 4.25. The fourth-order valence-electron chi connectivity index (χ4n) is 1.50. The fraction of sp³-hybridized carbons (Fsp3) is 0.214. The Kier molecular flexibility index (Phi) is 5.73. The first-order valence-corrected chi connectivity index (χ1v) is 8.21. The van der Waals surface area contributed by atoms with Crippen molar-refractivity contribution in [3.8, 4) is 11.5 Å². The van der Waals surface area contributed by atoms with E-state index in [2.05, 4.69) is 32.6 Å². The van der Waals surface area contributed by atoms with E-state index in [1.54, 1.807) is 18.2 Å². The van der Waals surface area contributed by atoms with Gasteiger partial charge in [0.1, 0.15) is 7.40 Å². The Morgan fingerprint density at radius 1 is 1.00 bits per heavy atom. The summed E-state index contributed by atoms with van der Waals surface area (Å²) < 4.78 is 12.0. The summed E-state index contributed by atoms with van der Waals surface area (Å²) in [4.78, 5) is 20.3. The lowest BCUT2D eigenvalue weighted by Gasteiger charge is -2.09. The maximum atomic E-state index is 11.8. The quantitative estimate of drug-likeness (QED) is 0.359. The first-order valence-electron chi connectivity index (χ1n) is 6.05. The molecule has 0 aliphatic rings. The molecule has 2 aromatic rings. The maximum absolute atomic E-state index is 11.8. The summed E-state index contributed by atoms with van der Waals surface area (Å²) in [6, 6.07) is 7.13. The van der Waals surface area contributed by atoms with E-state index in [4.69, 9.17) is 9.47 Å². The SMILES string of the molecule is Cc1ccc(OCC(=O)Oc2ccc(C)nc2I)c(I)n1. The molecule has 2 aromatic heterocycles. The zero-order valence-corrected chi connectivity index (χ0v) is 15.7. The zero-order chi connectivity index (χ0) is 15.4. The number of aromatic nitrogens is 2. The third kappa shape index (κ3) is 4.77. The molecule has 0 bridgehead atoms. The highest BCUT2D eigenvalue weighted by molar-refractivity contribution is 14.1. The van der Waals surface area contributed by atoms with Gasteiger partial charge >= 0.3 is 5.97 Å². The molecule has 0 unspecified atom stereocenters. The predicted octanol–water partition coefficient (Wildman–Crippen LogP) is 3.29. The van der Waals surface area contributed by atoms with Crippen molar-refractivity contribution < 1.29 is 14.3 Å². The Labute approximate surface area is 149 Å². The minimum absolute atomic E-state index is 0.176. The van der Waals surface area contributed by atoms with Crippen molar-refractivity contribution in [3.63, 3.8) is 0 Å². The molecule has 110 valence electrons. The van der Waals surface area contributed by atoms with E-state index >= 15 is 0 Å². The lowest BCUT2D eigenvalue weighted by Crippen LogP contribution is -2.19. The summed E-state index contributed by atoms with van der Waals surface area (Å²) >= 11 is 4.09. The van der Waals surface area contributed by atoms with E-state index in [1.807, 2.05) is 42.5 Å². The Hall–Kier alpha value is -0.970. The molecule has 0 aromatic carbocycles. The summed E-state index contributed by atoms with van der Waals surface area (Å²) in [5.41, 5.74) is 1.77. The monoisotopic (exact) mass is 510 g/mol. The Morgan fingerprint density at radius 2 is 1.52 bits per heavy atom. The third-order valence-corrected chi connectivity index (χ3v) is 4.02. The van der Waals surface area contributed by atoms with Crippen LogP contribution in [-0.4, -0.2) is 22.5 Å². The average Bonchev–Trinajstić information content (AvgIpc) is 2.41. The van der Waals surface area contributed by atoms with Crippen LogP contribution in [0.1, 0.15) is 11.4 Å². The normalized spacial score (nSPS) is 10.3. The number of hydrogen-bond acceptors (Lipinski definition) is 5. The van der Waals surface area contributed by atoms with Crippen LogP contribution in [0.5, 0.6) is 11.5 Å². The minimum Gasteiger partial charge on any atom is -0.479 e. The molecule has 0 saturated carbocycles. The van der Waals surface area contributed by atoms with Crippen LogP contribution in [0.15, 0.2) is 24.3 Å². The highest BCUT2D eigenvalue weighted by Gasteiger charge is 2.11. The van der Waals surface area contributed by atoms with Gasteiger partial charge in [-0.1, -0.05) is 0 Å². The molecule has 0 amide bonds. The summed E-state index contributed by atoms with van der Waals surface area (Å²) in [5, 5.41) is 0. The van der Waals surface area contributed by atoms with Crippen molar-refractivity contribution in [2.75, 3.05) is 6.61 Å².